The summed E-state index contributed by atoms with van der Waals surface area (Å²) in [6.07, 6.45) is 6.61. The van der Waals surface area contributed by atoms with E-state index in [1.54, 1.807) is 0 Å². The van der Waals surface area contributed by atoms with Crippen molar-refractivity contribution in [2.75, 3.05) is 52.5 Å². The third-order valence-corrected chi connectivity index (χ3v) is 8.00. The average molecular weight is 519 g/mol. The largest absolute Gasteiger partial charge is 0.378 e. The standard InChI is InChI=1S/C34H38N4O/c1-4-10-28(11-5-1)26-31-16-17-32(34(31)37-22-24-39-25-23-37)27-35-38-20-18-36(19-21-38)33(29-12-6-2-7-13-29)30-14-8-3-9-15-30/h1-15,26-27,33H,16-25H2/b31-26-,35-27-. The van der Waals surface area contributed by atoms with Crippen LogP contribution in [-0.2, 0) is 4.74 Å². The molecule has 2 saturated heterocycles. The number of hydrogen-bond donors (Lipinski definition) is 0. The summed E-state index contributed by atoms with van der Waals surface area (Å²) in [5.41, 5.74) is 8.11. The van der Waals surface area contributed by atoms with Crippen molar-refractivity contribution in [2.45, 2.75) is 18.9 Å². The van der Waals surface area contributed by atoms with Crippen molar-refractivity contribution >= 4 is 12.3 Å². The summed E-state index contributed by atoms with van der Waals surface area (Å²) in [5.74, 6) is 0. The molecule has 0 unspecified atom stereocenters. The van der Waals surface area contributed by atoms with Gasteiger partial charge in [0.15, 0.2) is 0 Å². The van der Waals surface area contributed by atoms with Gasteiger partial charge in [-0.05, 0) is 46.8 Å². The van der Waals surface area contributed by atoms with Crippen molar-refractivity contribution in [3.05, 3.63) is 125 Å². The molecule has 0 amide bonds. The zero-order chi connectivity index (χ0) is 26.3. The summed E-state index contributed by atoms with van der Waals surface area (Å²) in [6, 6.07) is 32.7. The average Bonchev–Trinajstić information content (AvgIpc) is 3.41. The van der Waals surface area contributed by atoms with Gasteiger partial charge in [0.1, 0.15) is 0 Å². The molecule has 0 saturated carbocycles. The number of rotatable bonds is 7. The molecule has 0 N–H and O–H groups in total. The van der Waals surface area contributed by atoms with E-state index >= 15 is 0 Å². The minimum absolute atomic E-state index is 0.273. The molecule has 3 aromatic rings. The van der Waals surface area contributed by atoms with Crippen molar-refractivity contribution in [3.8, 4) is 0 Å². The van der Waals surface area contributed by atoms with E-state index in [0.29, 0.717) is 0 Å². The Morgan fingerprint density at radius 3 is 1.87 bits per heavy atom. The normalized spacial score (nSPS) is 20.1. The fraction of sp³-hybridized carbons (Fsp3) is 0.324. The predicted molar refractivity (Wildman–Crippen MR) is 159 cm³/mol. The summed E-state index contributed by atoms with van der Waals surface area (Å²) in [6.45, 7) is 7.30. The van der Waals surface area contributed by atoms with E-state index < -0.39 is 0 Å². The second-order valence-corrected chi connectivity index (χ2v) is 10.5. The van der Waals surface area contributed by atoms with Crippen LogP contribution in [0.15, 0.2) is 113 Å². The first-order chi connectivity index (χ1) is 19.3. The molecule has 2 fully saturated rings. The highest BCUT2D eigenvalue weighted by Gasteiger charge is 2.27. The molecule has 39 heavy (non-hydrogen) atoms. The molecule has 5 nitrogen and oxygen atoms in total. The Hall–Kier alpha value is -3.67. The molecule has 0 radical (unpaired) electrons. The van der Waals surface area contributed by atoms with E-state index in [1.165, 1.54) is 33.5 Å². The molecular formula is C34H38N4O. The second-order valence-electron chi connectivity index (χ2n) is 10.5. The van der Waals surface area contributed by atoms with Crippen LogP contribution in [0.5, 0.6) is 0 Å². The van der Waals surface area contributed by atoms with Gasteiger partial charge in [0.25, 0.3) is 0 Å². The Morgan fingerprint density at radius 2 is 1.26 bits per heavy atom. The van der Waals surface area contributed by atoms with Gasteiger partial charge in [-0.2, -0.15) is 5.10 Å². The van der Waals surface area contributed by atoms with Crippen LogP contribution in [-0.4, -0.2) is 73.5 Å². The number of piperazine rings is 1. The molecule has 2 aliphatic heterocycles. The highest BCUT2D eigenvalue weighted by atomic mass is 16.5. The Kier molecular flexibility index (Phi) is 8.18. The van der Waals surface area contributed by atoms with Gasteiger partial charge in [-0.15, -0.1) is 0 Å². The van der Waals surface area contributed by atoms with E-state index in [2.05, 4.69) is 118 Å². The molecule has 0 bridgehead atoms. The van der Waals surface area contributed by atoms with Gasteiger partial charge in [-0.25, -0.2) is 0 Å². The number of morpholine rings is 1. The zero-order valence-corrected chi connectivity index (χ0v) is 22.7. The Balaban J connectivity index is 1.18. The third kappa shape index (κ3) is 6.16. The van der Waals surface area contributed by atoms with E-state index in [-0.39, 0.29) is 6.04 Å². The monoisotopic (exact) mass is 518 g/mol. The quantitative estimate of drug-likeness (QED) is 0.368. The SMILES string of the molecule is C(=N/N1CCN(C(c2ccccc2)c2ccccc2)CC1)/C1=C(N2CCOCC2)C(=C\c2ccccc2)/CC1. The molecule has 3 aliphatic rings. The van der Waals surface area contributed by atoms with Crippen molar-refractivity contribution in [2.24, 2.45) is 5.10 Å². The van der Waals surface area contributed by atoms with Crippen molar-refractivity contribution < 1.29 is 4.74 Å². The lowest BCUT2D eigenvalue weighted by molar-refractivity contribution is 0.0548. The van der Waals surface area contributed by atoms with E-state index in [0.717, 1.165) is 65.3 Å². The van der Waals surface area contributed by atoms with Gasteiger partial charge < -0.3 is 9.64 Å². The number of hydrazone groups is 1. The highest BCUT2D eigenvalue weighted by Crippen LogP contribution is 2.35. The first-order valence-corrected chi connectivity index (χ1v) is 14.3. The summed E-state index contributed by atoms with van der Waals surface area (Å²) < 4.78 is 5.67. The first kappa shape index (κ1) is 25.6. The molecule has 2 heterocycles. The van der Waals surface area contributed by atoms with Crippen LogP contribution in [0.2, 0.25) is 0 Å². The molecule has 5 heteroatoms. The fourth-order valence-corrected chi connectivity index (χ4v) is 6.04. The van der Waals surface area contributed by atoms with Gasteiger partial charge in [-0.3, -0.25) is 9.91 Å². The topological polar surface area (TPSA) is 31.3 Å². The lowest BCUT2D eigenvalue weighted by Gasteiger charge is -2.38. The smallest absolute Gasteiger partial charge is 0.0642 e. The molecule has 0 atom stereocenters. The van der Waals surface area contributed by atoms with Crippen LogP contribution >= 0.6 is 0 Å². The molecule has 0 aromatic heterocycles. The van der Waals surface area contributed by atoms with Crippen molar-refractivity contribution in [1.82, 2.24) is 14.8 Å². The number of hydrogen-bond acceptors (Lipinski definition) is 5. The van der Waals surface area contributed by atoms with Crippen LogP contribution in [0.3, 0.4) is 0 Å². The maximum Gasteiger partial charge on any atom is 0.0642 e. The molecule has 6 rings (SSSR count). The summed E-state index contributed by atoms with van der Waals surface area (Å²) in [7, 11) is 0. The van der Waals surface area contributed by atoms with Crippen LogP contribution < -0.4 is 0 Å². The van der Waals surface area contributed by atoms with Gasteiger partial charge in [0, 0.05) is 45.0 Å². The number of ether oxygens (including phenoxy) is 1. The number of nitrogens with zero attached hydrogens (tertiary/aromatic N) is 4. The predicted octanol–water partition coefficient (Wildman–Crippen LogP) is 5.84. The van der Waals surface area contributed by atoms with Crippen LogP contribution in [0, 0.1) is 0 Å². The summed E-state index contributed by atoms with van der Waals surface area (Å²) in [4.78, 5) is 5.11. The maximum atomic E-state index is 5.67. The first-order valence-electron chi connectivity index (χ1n) is 14.3. The molecule has 1 aliphatic carbocycles. The minimum atomic E-state index is 0.273. The van der Waals surface area contributed by atoms with Crippen molar-refractivity contribution in [3.63, 3.8) is 0 Å². The summed E-state index contributed by atoms with van der Waals surface area (Å²) >= 11 is 0. The lowest BCUT2D eigenvalue weighted by atomic mass is 9.96. The van der Waals surface area contributed by atoms with Gasteiger partial charge >= 0.3 is 0 Å². The number of allylic oxidation sites excluding steroid dienone is 2. The van der Waals surface area contributed by atoms with Gasteiger partial charge in [-0.1, -0.05) is 91.0 Å². The zero-order valence-electron chi connectivity index (χ0n) is 22.7. The highest BCUT2D eigenvalue weighted by molar-refractivity contribution is 5.83. The van der Waals surface area contributed by atoms with Crippen LogP contribution in [0.1, 0.15) is 35.6 Å². The minimum Gasteiger partial charge on any atom is -0.378 e. The van der Waals surface area contributed by atoms with E-state index in [1.807, 2.05) is 0 Å². The Morgan fingerprint density at radius 1 is 0.667 bits per heavy atom. The summed E-state index contributed by atoms with van der Waals surface area (Å²) in [5, 5.41) is 7.29. The lowest BCUT2D eigenvalue weighted by Crippen LogP contribution is -2.46. The number of benzene rings is 3. The fourth-order valence-electron chi connectivity index (χ4n) is 6.04. The molecular weight excluding hydrogens is 480 g/mol. The molecule has 200 valence electrons. The van der Waals surface area contributed by atoms with Gasteiger partial charge in [0.05, 0.1) is 25.5 Å². The molecule has 3 aromatic carbocycles. The van der Waals surface area contributed by atoms with Crippen molar-refractivity contribution in [1.29, 1.82) is 0 Å². The van der Waals surface area contributed by atoms with Crippen LogP contribution in [0.4, 0.5) is 0 Å². The van der Waals surface area contributed by atoms with Gasteiger partial charge in [0.2, 0.25) is 0 Å². The Bertz CT molecular complexity index is 1250. The Labute approximate surface area is 232 Å². The molecule has 0 spiro atoms. The maximum absolute atomic E-state index is 5.67. The van der Waals surface area contributed by atoms with E-state index in [9.17, 15) is 0 Å². The third-order valence-electron chi connectivity index (χ3n) is 8.00. The van der Waals surface area contributed by atoms with Crippen LogP contribution in [0.25, 0.3) is 6.08 Å². The second kappa shape index (κ2) is 12.5. The van der Waals surface area contributed by atoms with E-state index in [4.69, 9.17) is 9.84 Å².